The monoisotopic (exact) mass is 443 g/mol. The summed E-state index contributed by atoms with van der Waals surface area (Å²) in [5.41, 5.74) is 1.89. The Balaban J connectivity index is 1.55. The van der Waals surface area contributed by atoms with Gasteiger partial charge in [0.1, 0.15) is 24.8 Å². The molecule has 0 saturated carbocycles. The van der Waals surface area contributed by atoms with Gasteiger partial charge in [-0.2, -0.15) is 9.97 Å². The number of methoxy groups -OCH3 is 1. The largest absolute Gasteiger partial charge is 0.489 e. The van der Waals surface area contributed by atoms with Crippen LogP contribution in [0.3, 0.4) is 0 Å². The third-order valence-electron chi connectivity index (χ3n) is 5.75. The van der Waals surface area contributed by atoms with Crippen molar-refractivity contribution < 1.29 is 23.0 Å². The highest BCUT2D eigenvalue weighted by Crippen LogP contribution is 2.38. The molecule has 0 spiro atoms. The highest BCUT2D eigenvalue weighted by atomic mass is 19.3. The molecule has 2 aromatic heterocycles. The molecular weight excluding hydrogens is 420 g/mol. The van der Waals surface area contributed by atoms with E-state index in [0.717, 1.165) is 18.8 Å². The van der Waals surface area contributed by atoms with E-state index in [0.29, 0.717) is 22.4 Å². The van der Waals surface area contributed by atoms with Gasteiger partial charge in [-0.25, -0.2) is 13.8 Å². The van der Waals surface area contributed by atoms with E-state index < -0.39 is 6.43 Å². The maximum absolute atomic E-state index is 13.6. The van der Waals surface area contributed by atoms with Crippen molar-refractivity contribution >= 4 is 22.5 Å². The maximum atomic E-state index is 13.6. The topological polar surface area (TPSA) is 81.6 Å². The summed E-state index contributed by atoms with van der Waals surface area (Å²) in [6.07, 6.45) is -0.676. The lowest BCUT2D eigenvalue weighted by atomic mass is 10.0. The molecule has 10 heteroatoms. The number of ether oxygens (including phenoxy) is 3. The van der Waals surface area contributed by atoms with Crippen molar-refractivity contribution in [3.8, 4) is 11.8 Å². The van der Waals surface area contributed by atoms with E-state index in [1.807, 2.05) is 13.0 Å². The lowest BCUT2D eigenvalue weighted by Gasteiger charge is -2.39. The second kappa shape index (κ2) is 8.34. The predicted octanol–water partition coefficient (Wildman–Crippen LogP) is 3.74. The molecule has 5 rings (SSSR count). The lowest BCUT2D eigenvalue weighted by Crippen LogP contribution is -2.51. The minimum absolute atomic E-state index is 0.0855. The van der Waals surface area contributed by atoms with E-state index in [9.17, 15) is 8.78 Å². The summed E-state index contributed by atoms with van der Waals surface area (Å²) in [5, 5.41) is 4.04. The van der Waals surface area contributed by atoms with Crippen molar-refractivity contribution in [2.45, 2.75) is 25.5 Å². The molecule has 1 fully saturated rings. The van der Waals surface area contributed by atoms with Crippen LogP contribution in [-0.2, 0) is 4.74 Å². The van der Waals surface area contributed by atoms with Gasteiger partial charge in [0, 0.05) is 25.8 Å². The van der Waals surface area contributed by atoms with Crippen LogP contribution in [-0.4, -0.2) is 54.5 Å². The fourth-order valence-corrected chi connectivity index (χ4v) is 3.94. The Labute approximate surface area is 183 Å². The summed E-state index contributed by atoms with van der Waals surface area (Å²) < 4.78 is 43.9. The second-order valence-corrected chi connectivity index (χ2v) is 7.81. The number of para-hydroxylation sites is 1. The molecule has 1 saturated heterocycles. The molecule has 0 unspecified atom stereocenters. The van der Waals surface area contributed by atoms with Crippen LogP contribution in [0.4, 0.5) is 20.3 Å². The van der Waals surface area contributed by atoms with Gasteiger partial charge in [0.2, 0.25) is 0 Å². The number of fused-ring (bicyclic) bond motifs is 5. The van der Waals surface area contributed by atoms with Crippen molar-refractivity contribution in [2.75, 3.05) is 43.6 Å². The molecule has 0 radical (unpaired) electrons. The van der Waals surface area contributed by atoms with Gasteiger partial charge < -0.3 is 24.4 Å². The summed E-state index contributed by atoms with van der Waals surface area (Å²) in [4.78, 5) is 15.6. The van der Waals surface area contributed by atoms with Gasteiger partial charge in [0.25, 0.3) is 6.43 Å². The first kappa shape index (κ1) is 20.6. The van der Waals surface area contributed by atoms with Gasteiger partial charge in [-0.15, -0.1) is 0 Å². The Kier molecular flexibility index (Phi) is 5.38. The van der Waals surface area contributed by atoms with E-state index in [1.165, 1.54) is 6.07 Å². The quantitative estimate of drug-likeness (QED) is 0.656. The van der Waals surface area contributed by atoms with Crippen LogP contribution in [0.25, 0.3) is 11.0 Å². The Morgan fingerprint density at radius 3 is 2.78 bits per heavy atom. The average Bonchev–Trinajstić information content (AvgIpc) is 2.77. The number of hydrogen-bond acceptors (Lipinski definition) is 8. The molecule has 2 aliphatic rings. The second-order valence-electron chi connectivity index (χ2n) is 7.81. The number of rotatable bonds is 3. The number of halogens is 2. The Morgan fingerprint density at radius 1 is 1.19 bits per heavy atom. The van der Waals surface area contributed by atoms with E-state index in [-0.39, 0.29) is 42.7 Å². The zero-order valence-corrected chi connectivity index (χ0v) is 17.7. The molecule has 168 valence electrons. The fourth-order valence-electron chi connectivity index (χ4n) is 3.94. The molecule has 2 bridgehead atoms. The third-order valence-corrected chi connectivity index (χ3v) is 5.75. The first-order chi connectivity index (χ1) is 15.5. The van der Waals surface area contributed by atoms with Crippen LogP contribution < -0.4 is 19.7 Å². The van der Waals surface area contributed by atoms with Gasteiger partial charge in [0.05, 0.1) is 35.0 Å². The third kappa shape index (κ3) is 3.75. The summed E-state index contributed by atoms with van der Waals surface area (Å²) in [6.45, 7) is 3.64. The van der Waals surface area contributed by atoms with Crippen LogP contribution in [0.2, 0.25) is 0 Å². The number of nitrogens with one attached hydrogen (secondary N) is 1. The molecule has 8 nitrogen and oxygen atoms in total. The number of benzene rings is 1. The minimum Gasteiger partial charge on any atom is -0.489 e. The summed E-state index contributed by atoms with van der Waals surface area (Å²) in [5.74, 6) is 0.689. The molecule has 1 aromatic carbocycles. The number of pyridine rings is 1. The number of hydrogen-bond donors (Lipinski definition) is 1. The van der Waals surface area contributed by atoms with Crippen LogP contribution in [0.5, 0.6) is 11.8 Å². The van der Waals surface area contributed by atoms with Gasteiger partial charge in [-0.05, 0) is 19.1 Å². The first-order valence-corrected chi connectivity index (χ1v) is 10.4. The Morgan fingerprint density at radius 2 is 2.00 bits per heavy atom. The predicted molar refractivity (Wildman–Crippen MR) is 115 cm³/mol. The van der Waals surface area contributed by atoms with Crippen LogP contribution in [0.15, 0.2) is 30.5 Å². The van der Waals surface area contributed by atoms with Crippen molar-refractivity contribution in [3.63, 3.8) is 0 Å². The molecule has 32 heavy (non-hydrogen) atoms. The standard InChI is InChI=1S/C22H23F2N5O3/c1-12-15-4-3-5-16(19(23)24)18(15)31-6-7-32-22-27-20-17(21(26-12)28-22)8-13(9-25-20)29-10-14(11-29)30-2/h3-5,8-9,12,14,19H,6-7,10-11H2,1-2H3,(H,25,26,27,28)/t12-/m1/s1. The summed E-state index contributed by atoms with van der Waals surface area (Å²) in [6, 6.07) is 6.52. The molecule has 0 aliphatic carbocycles. The molecule has 0 amide bonds. The van der Waals surface area contributed by atoms with E-state index in [4.69, 9.17) is 14.2 Å². The normalized spacial score (nSPS) is 18.8. The molecule has 1 N–H and O–H groups in total. The summed E-state index contributed by atoms with van der Waals surface area (Å²) >= 11 is 0. The van der Waals surface area contributed by atoms with Gasteiger partial charge in [0.15, 0.2) is 5.65 Å². The fraction of sp³-hybridized carbons (Fsp3) is 0.409. The minimum atomic E-state index is -2.65. The van der Waals surface area contributed by atoms with Crippen molar-refractivity contribution in [2.24, 2.45) is 0 Å². The van der Waals surface area contributed by atoms with Crippen molar-refractivity contribution in [3.05, 3.63) is 41.6 Å². The zero-order valence-electron chi connectivity index (χ0n) is 17.7. The number of anilines is 2. The zero-order chi connectivity index (χ0) is 22.2. The smallest absolute Gasteiger partial charge is 0.320 e. The molecule has 3 aromatic rings. The van der Waals surface area contributed by atoms with Crippen LogP contribution in [0, 0.1) is 0 Å². The average molecular weight is 443 g/mol. The summed E-state index contributed by atoms with van der Waals surface area (Å²) in [7, 11) is 1.70. The number of aromatic nitrogens is 3. The Hall–Kier alpha value is -3.27. The Bertz CT molecular complexity index is 1140. The maximum Gasteiger partial charge on any atom is 0.320 e. The lowest BCUT2D eigenvalue weighted by molar-refractivity contribution is 0.0787. The number of nitrogens with zero attached hydrogens (tertiary/aromatic N) is 4. The van der Waals surface area contributed by atoms with Gasteiger partial charge in [-0.1, -0.05) is 12.1 Å². The van der Waals surface area contributed by atoms with E-state index in [1.54, 1.807) is 25.4 Å². The molecule has 1 atom stereocenters. The SMILES string of the molecule is COC1CN(c2cnc3nc4nc(c3c2)N[C@H](C)c2cccc(C(F)F)c2OCCO4)C1. The first-order valence-electron chi connectivity index (χ1n) is 10.4. The van der Waals surface area contributed by atoms with E-state index >= 15 is 0 Å². The van der Waals surface area contributed by atoms with Crippen molar-refractivity contribution in [1.29, 1.82) is 0 Å². The van der Waals surface area contributed by atoms with Crippen molar-refractivity contribution in [1.82, 2.24) is 15.0 Å². The highest BCUT2D eigenvalue weighted by molar-refractivity contribution is 5.89. The van der Waals surface area contributed by atoms with Crippen LogP contribution >= 0.6 is 0 Å². The highest BCUT2D eigenvalue weighted by Gasteiger charge is 2.28. The van der Waals surface area contributed by atoms with Gasteiger partial charge >= 0.3 is 6.01 Å². The van der Waals surface area contributed by atoms with Gasteiger partial charge in [-0.3, -0.25) is 0 Å². The van der Waals surface area contributed by atoms with E-state index in [2.05, 4.69) is 25.2 Å². The molecule has 2 aliphatic heterocycles. The van der Waals surface area contributed by atoms with Crippen LogP contribution in [0.1, 0.15) is 30.5 Å². The molecule has 4 heterocycles. The molecular formula is C22H23F2N5O3. The number of alkyl halides is 2.